The number of thiazole rings is 1. The van der Waals surface area contributed by atoms with Gasteiger partial charge in [-0.2, -0.15) is 0 Å². The van der Waals surface area contributed by atoms with Crippen LogP contribution in [-0.2, 0) is 6.42 Å². The molecule has 1 atom stereocenters. The molecular formula is C17H20N2OS. The summed E-state index contributed by atoms with van der Waals surface area (Å²) in [6.45, 7) is 3.94. The van der Waals surface area contributed by atoms with Gasteiger partial charge in [0.2, 0.25) is 0 Å². The second-order valence-corrected chi connectivity index (χ2v) is 6.73. The first-order valence-electron chi connectivity index (χ1n) is 7.50. The lowest BCUT2D eigenvalue weighted by atomic mass is 10.0. The lowest BCUT2D eigenvalue weighted by Crippen LogP contribution is -2.39. The summed E-state index contributed by atoms with van der Waals surface area (Å²) in [6, 6.07) is 10.3. The molecule has 0 aliphatic carbocycles. The number of amides is 1. The molecule has 3 rings (SSSR count). The number of piperidine rings is 1. The Morgan fingerprint density at radius 3 is 2.95 bits per heavy atom. The molecule has 0 bridgehead atoms. The molecule has 1 aliphatic heterocycles. The van der Waals surface area contributed by atoms with Gasteiger partial charge in [-0.25, -0.2) is 4.98 Å². The van der Waals surface area contributed by atoms with Crippen LogP contribution in [0.5, 0.6) is 0 Å². The first-order chi connectivity index (χ1) is 10.2. The van der Waals surface area contributed by atoms with Crippen LogP contribution < -0.4 is 0 Å². The zero-order valence-corrected chi connectivity index (χ0v) is 13.1. The van der Waals surface area contributed by atoms with E-state index in [0.29, 0.717) is 11.6 Å². The Morgan fingerprint density at radius 2 is 2.19 bits per heavy atom. The molecule has 3 nitrogen and oxygen atoms in total. The lowest BCUT2D eigenvalue weighted by molar-refractivity contribution is 0.0677. The largest absolute Gasteiger partial charge is 0.337 e. The van der Waals surface area contributed by atoms with Crippen molar-refractivity contribution in [3.8, 4) is 0 Å². The Kier molecular flexibility index (Phi) is 4.34. The highest BCUT2D eigenvalue weighted by Gasteiger charge is 2.23. The quantitative estimate of drug-likeness (QED) is 0.867. The molecule has 2 aromatic rings. The van der Waals surface area contributed by atoms with E-state index in [4.69, 9.17) is 0 Å². The van der Waals surface area contributed by atoms with Gasteiger partial charge in [-0.05, 0) is 24.3 Å². The number of nitrogens with zero attached hydrogens (tertiary/aromatic N) is 2. The molecule has 1 unspecified atom stereocenters. The molecule has 1 amide bonds. The van der Waals surface area contributed by atoms with Crippen molar-refractivity contribution < 1.29 is 4.79 Å². The summed E-state index contributed by atoms with van der Waals surface area (Å²) in [7, 11) is 0. The number of rotatable bonds is 3. The Bertz CT molecular complexity index is 608. The van der Waals surface area contributed by atoms with E-state index in [1.54, 1.807) is 11.3 Å². The lowest BCUT2D eigenvalue weighted by Gasteiger charge is -2.30. The van der Waals surface area contributed by atoms with Gasteiger partial charge in [-0.3, -0.25) is 4.79 Å². The van der Waals surface area contributed by atoms with E-state index in [-0.39, 0.29) is 5.91 Å². The van der Waals surface area contributed by atoms with Crippen LogP contribution in [0.1, 0.15) is 40.8 Å². The molecule has 1 aliphatic rings. The molecule has 1 aromatic heterocycles. The van der Waals surface area contributed by atoms with Crippen LogP contribution in [0, 0.1) is 5.92 Å². The highest BCUT2D eigenvalue weighted by molar-refractivity contribution is 7.09. The summed E-state index contributed by atoms with van der Waals surface area (Å²) >= 11 is 1.58. The van der Waals surface area contributed by atoms with Gasteiger partial charge >= 0.3 is 0 Å². The van der Waals surface area contributed by atoms with E-state index < -0.39 is 0 Å². The smallest absolute Gasteiger partial charge is 0.273 e. The Balaban J connectivity index is 1.68. The summed E-state index contributed by atoms with van der Waals surface area (Å²) in [5, 5.41) is 2.91. The van der Waals surface area contributed by atoms with Crippen LogP contribution in [0.3, 0.4) is 0 Å². The molecule has 1 saturated heterocycles. The predicted molar refractivity (Wildman–Crippen MR) is 85.7 cm³/mol. The molecule has 0 radical (unpaired) electrons. The van der Waals surface area contributed by atoms with E-state index in [0.717, 1.165) is 30.9 Å². The molecule has 0 N–H and O–H groups in total. The number of carbonyl (C=O) groups is 1. The standard InChI is InChI=1S/C17H20N2OS/c1-13-6-5-9-19(11-13)17(20)15-12-21-16(18-15)10-14-7-3-2-4-8-14/h2-4,7-8,12-13H,5-6,9-11H2,1H3. The van der Waals surface area contributed by atoms with E-state index in [1.807, 2.05) is 28.5 Å². The third-order valence-corrected chi connectivity index (χ3v) is 4.76. The molecule has 21 heavy (non-hydrogen) atoms. The molecule has 0 saturated carbocycles. The summed E-state index contributed by atoms with van der Waals surface area (Å²) < 4.78 is 0. The zero-order chi connectivity index (χ0) is 14.7. The Morgan fingerprint density at radius 1 is 1.38 bits per heavy atom. The van der Waals surface area contributed by atoms with Crippen molar-refractivity contribution in [2.45, 2.75) is 26.2 Å². The number of likely N-dealkylation sites (tertiary alicyclic amines) is 1. The van der Waals surface area contributed by atoms with Gasteiger partial charge in [0, 0.05) is 24.9 Å². The first-order valence-corrected chi connectivity index (χ1v) is 8.38. The van der Waals surface area contributed by atoms with Crippen LogP contribution in [0.4, 0.5) is 0 Å². The van der Waals surface area contributed by atoms with Crippen molar-refractivity contribution in [3.63, 3.8) is 0 Å². The summed E-state index contributed by atoms with van der Waals surface area (Å²) in [5.74, 6) is 0.697. The fraction of sp³-hybridized carbons (Fsp3) is 0.412. The van der Waals surface area contributed by atoms with Crippen LogP contribution in [0.2, 0.25) is 0 Å². The molecule has 1 fully saturated rings. The molecule has 2 heterocycles. The summed E-state index contributed by atoms with van der Waals surface area (Å²) in [4.78, 5) is 19.0. The minimum atomic E-state index is 0.0945. The Labute approximate surface area is 129 Å². The van der Waals surface area contributed by atoms with E-state index in [9.17, 15) is 4.79 Å². The van der Waals surface area contributed by atoms with Gasteiger partial charge in [0.15, 0.2) is 0 Å². The first kappa shape index (κ1) is 14.3. The van der Waals surface area contributed by atoms with Gasteiger partial charge in [0.05, 0.1) is 5.01 Å². The third-order valence-electron chi connectivity index (χ3n) is 3.91. The topological polar surface area (TPSA) is 33.2 Å². The molecule has 110 valence electrons. The van der Waals surface area contributed by atoms with Gasteiger partial charge < -0.3 is 4.90 Å². The number of carbonyl (C=O) groups excluding carboxylic acids is 1. The number of hydrogen-bond acceptors (Lipinski definition) is 3. The average molecular weight is 300 g/mol. The molecular weight excluding hydrogens is 280 g/mol. The second-order valence-electron chi connectivity index (χ2n) is 5.79. The van der Waals surface area contributed by atoms with Crippen molar-refractivity contribution in [1.82, 2.24) is 9.88 Å². The molecule has 1 aromatic carbocycles. The van der Waals surface area contributed by atoms with Gasteiger partial charge in [-0.15, -0.1) is 11.3 Å². The highest BCUT2D eigenvalue weighted by Crippen LogP contribution is 2.20. The molecule has 4 heteroatoms. The summed E-state index contributed by atoms with van der Waals surface area (Å²) in [6.07, 6.45) is 3.13. The van der Waals surface area contributed by atoms with Crippen molar-refractivity contribution in [2.24, 2.45) is 5.92 Å². The van der Waals surface area contributed by atoms with E-state index in [2.05, 4.69) is 24.0 Å². The maximum absolute atomic E-state index is 12.5. The highest BCUT2D eigenvalue weighted by atomic mass is 32.1. The van der Waals surface area contributed by atoms with Crippen LogP contribution in [0.15, 0.2) is 35.7 Å². The minimum Gasteiger partial charge on any atom is -0.337 e. The average Bonchev–Trinajstić information content (AvgIpc) is 2.96. The monoisotopic (exact) mass is 300 g/mol. The van der Waals surface area contributed by atoms with Crippen LogP contribution in [-0.4, -0.2) is 28.9 Å². The van der Waals surface area contributed by atoms with Crippen LogP contribution >= 0.6 is 11.3 Å². The Hall–Kier alpha value is -1.68. The normalized spacial score (nSPS) is 18.7. The summed E-state index contributed by atoms with van der Waals surface area (Å²) in [5.41, 5.74) is 1.84. The number of hydrogen-bond donors (Lipinski definition) is 0. The molecule has 0 spiro atoms. The van der Waals surface area contributed by atoms with Crippen molar-refractivity contribution >= 4 is 17.2 Å². The van der Waals surface area contributed by atoms with E-state index in [1.165, 1.54) is 12.0 Å². The van der Waals surface area contributed by atoms with Crippen LogP contribution in [0.25, 0.3) is 0 Å². The SMILES string of the molecule is CC1CCCN(C(=O)c2csc(Cc3ccccc3)n2)C1. The van der Waals surface area contributed by atoms with Crippen molar-refractivity contribution in [3.05, 3.63) is 52.0 Å². The maximum Gasteiger partial charge on any atom is 0.273 e. The fourth-order valence-corrected chi connectivity index (χ4v) is 3.60. The van der Waals surface area contributed by atoms with E-state index >= 15 is 0 Å². The maximum atomic E-state index is 12.5. The number of benzene rings is 1. The fourth-order valence-electron chi connectivity index (χ4n) is 2.80. The van der Waals surface area contributed by atoms with Gasteiger partial charge in [0.25, 0.3) is 5.91 Å². The van der Waals surface area contributed by atoms with Gasteiger partial charge in [0.1, 0.15) is 5.69 Å². The van der Waals surface area contributed by atoms with Gasteiger partial charge in [-0.1, -0.05) is 37.3 Å². The number of aromatic nitrogens is 1. The second kappa shape index (κ2) is 6.39. The zero-order valence-electron chi connectivity index (χ0n) is 12.3. The van der Waals surface area contributed by atoms with Crippen molar-refractivity contribution in [1.29, 1.82) is 0 Å². The van der Waals surface area contributed by atoms with Crippen molar-refractivity contribution in [2.75, 3.05) is 13.1 Å². The third kappa shape index (κ3) is 3.50. The predicted octanol–water partition coefficient (Wildman–Crippen LogP) is 3.61. The minimum absolute atomic E-state index is 0.0945.